The zero-order chi connectivity index (χ0) is 29.7. The molecule has 1 unspecified atom stereocenters. The fraction of sp³-hybridized carbons (Fsp3) is 0.536. The highest BCUT2D eigenvalue weighted by atomic mass is 35.5. The molecule has 1 amide bonds. The van der Waals surface area contributed by atoms with Gasteiger partial charge in [0.2, 0.25) is 10.0 Å². The van der Waals surface area contributed by atoms with Gasteiger partial charge >= 0.3 is 6.18 Å². The van der Waals surface area contributed by atoms with Gasteiger partial charge in [-0.2, -0.15) is 13.2 Å². The Morgan fingerprint density at radius 2 is 1.73 bits per heavy atom. The Morgan fingerprint density at radius 1 is 1.07 bits per heavy atom. The number of rotatable bonds is 8. The third-order valence-corrected chi connectivity index (χ3v) is 8.95. The lowest BCUT2D eigenvalue weighted by molar-refractivity contribution is -0.137. The highest BCUT2D eigenvalue weighted by molar-refractivity contribution is 7.89. The first-order valence-electron chi connectivity index (χ1n) is 13.5. The van der Waals surface area contributed by atoms with Crippen LogP contribution in [0.3, 0.4) is 0 Å². The van der Waals surface area contributed by atoms with E-state index in [0.29, 0.717) is 30.2 Å². The van der Waals surface area contributed by atoms with Crippen molar-refractivity contribution in [2.24, 2.45) is 5.92 Å². The average Bonchev–Trinajstić information content (AvgIpc) is 3.69. The van der Waals surface area contributed by atoms with Crippen LogP contribution < -0.4 is 9.46 Å². The summed E-state index contributed by atoms with van der Waals surface area (Å²) >= 11 is 5.81. The molecule has 5 rings (SSSR count). The Morgan fingerprint density at radius 3 is 2.32 bits per heavy atom. The topological polar surface area (TPSA) is 75.7 Å². The highest BCUT2D eigenvalue weighted by Gasteiger charge is 2.40. The number of carbonyl (C=O) groups is 1. The van der Waals surface area contributed by atoms with Gasteiger partial charge in [-0.15, -0.1) is 0 Å². The number of benzene rings is 2. The first-order valence-corrected chi connectivity index (χ1v) is 15.8. The molecule has 1 saturated carbocycles. The van der Waals surface area contributed by atoms with E-state index in [9.17, 15) is 35.2 Å². The second-order valence-electron chi connectivity index (χ2n) is 11.3. The maximum atomic E-state index is 14.9. The molecule has 1 aliphatic carbocycles. The molecule has 2 saturated heterocycles. The predicted octanol–water partition coefficient (Wildman–Crippen LogP) is 6.42. The largest absolute Gasteiger partial charge is 0.493 e. The number of ether oxygens (including phenoxy) is 1. The summed E-state index contributed by atoms with van der Waals surface area (Å²) in [5.41, 5.74) is -0.777. The predicted molar refractivity (Wildman–Crippen MR) is 142 cm³/mol. The van der Waals surface area contributed by atoms with Crippen LogP contribution in [0.15, 0.2) is 24.3 Å². The van der Waals surface area contributed by atoms with Crippen molar-refractivity contribution in [1.29, 1.82) is 0 Å². The van der Waals surface area contributed by atoms with E-state index >= 15 is 0 Å². The van der Waals surface area contributed by atoms with Gasteiger partial charge in [-0.25, -0.2) is 21.9 Å². The van der Waals surface area contributed by atoms with Gasteiger partial charge in [0.25, 0.3) is 5.91 Å². The Balaban J connectivity index is 1.29. The molecule has 6 nitrogen and oxygen atoms in total. The number of piperidine rings is 2. The van der Waals surface area contributed by atoms with E-state index in [-0.39, 0.29) is 48.2 Å². The minimum atomic E-state index is -4.64. The van der Waals surface area contributed by atoms with E-state index < -0.39 is 44.3 Å². The molecule has 0 spiro atoms. The van der Waals surface area contributed by atoms with Crippen LogP contribution >= 0.6 is 11.6 Å². The number of fused-ring (bicyclic) bond motifs is 2. The normalized spacial score (nSPS) is 23.3. The van der Waals surface area contributed by atoms with Crippen molar-refractivity contribution in [2.75, 3.05) is 12.9 Å². The summed E-state index contributed by atoms with van der Waals surface area (Å²) in [6.07, 6.45) is 1.80. The molecular formula is C28H30ClF5N2O4S. The van der Waals surface area contributed by atoms with E-state index in [1.54, 1.807) is 4.72 Å². The molecule has 2 bridgehead atoms. The number of nitrogens with one attached hydrogen (secondary N) is 1. The van der Waals surface area contributed by atoms with Gasteiger partial charge in [0.1, 0.15) is 17.4 Å². The van der Waals surface area contributed by atoms with Crippen LogP contribution in [0.4, 0.5) is 22.0 Å². The van der Waals surface area contributed by atoms with Crippen molar-refractivity contribution in [2.45, 2.75) is 75.7 Å². The maximum absolute atomic E-state index is 14.9. The number of hydrogen-bond donors (Lipinski definition) is 1. The van der Waals surface area contributed by atoms with E-state index in [1.807, 2.05) is 0 Å². The summed E-state index contributed by atoms with van der Waals surface area (Å²) in [5.74, 6) is -2.29. The SMILES string of the molecule is CS(=O)(=O)NC(=O)c1cc(C2CC2)c(OCC2C[C@H]3CCC[C@@H](C2)N3Cc2cc(C(F)(F)F)cc(Cl)c2F)cc1F. The zero-order valence-electron chi connectivity index (χ0n) is 22.2. The van der Waals surface area contributed by atoms with Gasteiger partial charge in [-0.1, -0.05) is 18.0 Å². The number of amides is 1. The van der Waals surface area contributed by atoms with Crippen LogP contribution in [0.5, 0.6) is 5.75 Å². The lowest BCUT2D eigenvalue weighted by Crippen LogP contribution is -2.52. The molecular weight excluding hydrogens is 591 g/mol. The van der Waals surface area contributed by atoms with Crippen molar-refractivity contribution >= 4 is 27.5 Å². The van der Waals surface area contributed by atoms with Crippen LogP contribution in [0, 0.1) is 17.6 Å². The minimum Gasteiger partial charge on any atom is -0.493 e. The van der Waals surface area contributed by atoms with Gasteiger partial charge in [-0.3, -0.25) is 9.69 Å². The van der Waals surface area contributed by atoms with Crippen molar-refractivity contribution in [3.8, 4) is 5.75 Å². The third-order valence-electron chi connectivity index (χ3n) is 8.12. The smallest absolute Gasteiger partial charge is 0.416 e. The van der Waals surface area contributed by atoms with Crippen molar-refractivity contribution in [3.63, 3.8) is 0 Å². The quantitative estimate of drug-likeness (QED) is 0.345. The Hall–Kier alpha value is -2.44. The molecule has 2 aromatic rings. The first-order chi connectivity index (χ1) is 19.2. The third kappa shape index (κ3) is 6.97. The second-order valence-corrected chi connectivity index (χ2v) is 13.5. The van der Waals surface area contributed by atoms with Crippen molar-refractivity contribution in [3.05, 3.63) is 63.2 Å². The fourth-order valence-corrected chi connectivity index (χ4v) is 6.81. The van der Waals surface area contributed by atoms with Crippen LogP contribution in [0.25, 0.3) is 0 Å². The number of sulfonamides is 1. The van der Waals surface area contributed by atoms with Crippen molar-refractivity contribution in [1.82, 2.24) is 9.62 Å². The number of alkyl halides is 3. The molecule has 1 N–H and O–H groups in total. The molecule has 0 aromatic heterocycles. The van der Waals surface area contributed by atoms with Crippen LogP contribution in [-0.2, 0) is 22.7 Å². The first kappa shape index (κ1) is 30.0. The van der Waals surface area contributed by atoms with Crippen molar-refractivity contribution < 1.29 is 39.9 Å². The van der Waals surface area contributed by atoms with E-state index in [0.717, 1.165) is 50.5 Å². The molecule has 3 fully saturated rings. The van der Waals surface area contributed by atoms with Crippen LogP contribution in [0.1, 0.15) is 77.9 Å². The minimum absolute atomic E-state index is 0.0190. The number of halogens is 6. The molecule has 3 aliphatic rings. The van der Waals surface area contributed by atoms with Gasteiger partial charge in [0, 0.05) is 30.3 Å². The highest BCUT2D eigenvalue weighted by Crippen LogP contribution is 2.46. The Labute approximate surface area is 240 Å². The summed E-state index contributed by atoms with van der Waals surface area (Å²) in [4.78, 5) is 14.4. The molecule has 41 heavy (non-hydrogen) atoms. The summed E-state index contributed by atoms with van der Waals surface area (Å²) in [5, 5.41) is -0.554. The lowest BCUT2D eigenvalue weighted by atomic mass is 9.78. The average molecular weight is 621 g/mol. The molecule has 13 heteroatoms. The van der Waals surface area contributed by atoms with Gasteiger partial charge in [0.05, 0.1) is 29.0 Å². The summed E-state index contributed by atoms with van der Waals surface area (Å²) in [7, 11) is -3.86. The van der Waals surface area contributed by atoms with E-state index in [2.05, 4.69) is 4.90 Å². The second kappa shape index (κ2) is 11.3. The van der Waals surface area contributed by atoms with Gasteiger partial charge in [-0.05, 0) is 74.1 Å². The van der Waals surface area contributed by atoms with Gasteiger partial charge in [0.15, 0.2) is 0 Å². The summed E-state index contributed by atoms with van der Waals surface area (Å²) < 4.78 is 100. The van der Waals surface area contributed by atoms with Crippen LogP contribution in [-0.4, -0.2) is 44.2 Å². The van der Waals surface area contributed by atoms with E-state index in [4.69, 9.17) is 16.3 Å². The fourth-order valence-electron chi connectivity index (χ4n) is 6.12. The van der Waals surface area contributed by atoms with E-state index in [1.165, 1.54) is 6.07 Å². The molecule has 2 aliphatic heterocycles. The zero-order valence-corrected chi connectivity index (χ0v) is 23.8. The lowest BCUT2D eigenvalue weighted by Gasteiger charge is -2.49. The van der Waals surface area contributed by atoms with Crippen LogP contribution in [0.2, 0.25) is 5.02 Å². The Bertz CT molecular complexity index is 1430. The molecule has 3 atom stereocenters. The monoisotopic (exact) mass is 620 g/mol. The van der Waals surface area contributed by atoms with Gasteiger partial charge < -0.3 is 4.74 Å². The summed E-state index contributed by atoms with van der Waals surface area (Å²) in [6.45, 7) is 0.297. The standard InChI is InChI=1S/C28H30ClF5N2O4S/c1-41(38,39)35-27(37)22-11-21(16-5-6-16)25(12-24(22)30)40-14-15-7-19-3-2-4-20(8-15)36(19)13-17-9-18(28(32,33)34)10-23(29)26(17)31/h9-12,15-16,19-20H,2-8,13-14H2,1H3,(H,35,37)/t15?,19-,20+. The molecule has 2 aromatic carbocycles. The number of hydrogen-bond acceptors (Lipinski definition) is 5. The Kier molecular flexibility index (Phi) is 8.30. The molecule has 2 heterocycles. The number of nitrogens with zero attached hydrogens (tertiary/aromatic N) is 1. The summed E-state index contributed by atoms with van der Waals surface area (Å²) in [6, 6.07) is 3.96. The maximum Gasteiger partial charge on any atom is 0.416 e. The number of carbonyl (C=O) groups excluding carboxylic acids is 1. The molecule has 0 radical (unpaired) electrons. The molecule has 224 valence electrons.